The van der Waals surface area contributed by atoms with Crippen LogP contribution in [0.1, 0.15) is 16.7 Å². The zero-order valence-electron chi connectivity index (χ0n) is 9.17. The number of hydrogen-bond acceptors (Lipinski definition) is 3. The molecular weight excluding hydrogens is 316 g/mol. The molecule has 0 saturated carbocycles. The summed E-state index contributed by atoms with van der Waals surface area (Å²) in [5, 5.41) is 0. The van der Waals surface area contributed by atoms with Gasteiger partial charge in [0.15, 0.2) is 0 Å². The lowest BCUT2D eigenvalue weighted by molar-refractivity contribution is 0.408. The molecule has 0 aliphatic heterocycles. The van der Waals surface area contributed by atoms with Gasteiger partial charge in [-0.2, -0.15) is 0 Å². The molecule has 1 aromatic carbocycles. The summed E-state index contributed by atoms with van der Waals surface area (Å²) >= 11 is 3.34. The minimum atomic E-state index is -3.57. The molecule has 1 rings (SSSR count). The molecule has 0 aliphatic rings. The highest BCUT2D eigenvalue weighted by Gasteiger charge is 2.17. The van der Waals surface area contributed by atoms with Crippen molar-refractivity contribution in [2.24, 2.45) is 0 Å². The van der Waals surface area contributed by atoms with Gasteiger partial charge in [-0.25, -0.2) is 8.42 Å². The van der Waals surface area contributed by atoms with Crippen LogP contribution in [0.3, 0.4) is 0 Å². The summed E-state index contributed by atoms with van der Waals surface area (Å²) in [6.45, 7) is 3.71. The summed E-state index contributed by atoms with van der Waals surface area (Å²) < 4.78 is 28.1. The van der Waals surface area contributed by atoms with Crippen molar-refractivity contribution in [1.29, 1.82) is 0 Å². The molecule has 0 radical (unpaired) electrons. The molecule has 16 heavy (non-hydrogen) atoms. The van der Waals surface area contributed by atoms with Gasteiger partial charge in [-0.15, -0.1) is 0 Å². The zero-order valence-corrected chi connectivity index (χ0v) is 12.3. The highest BCUT2D eigenvalue weighted by molar-refractivity contribution is 9.10. The Kier molecular flexibility index (Phi) is 4.26. The number of rotatable bonds is 3. The smallest absolute Gasteiger partial charge is 0.236 e. The Morgan fingerprint density at radius 3 is 2.44 bits per heavy atom. The molecule has 1 aromatic rings. The maximum absolute atomic E-state index is 11.1. The van der Waals surface area contributed by atoms with Crippen molar-refractivity contribution in [1.82, 2.24) is 0 Å². The number of hydrogen-bond donors (Lipinski definition) is 0. The van der Waals surface area contributed by atoms with Gasteiger partial charge in [-0.1, -0.05) is 15.9 Å². The molecule has 0 N–H and O–H groups in total. The lowest BCUT2D eigenvalue weighted by Crippen LogP contribution is -2.02. The van der Waals surface area contributed by atoms with E-state index in [4.69, 9.17) is 15.4 Å². The van der Waals surface area contributed by atoms with Crippen molar-refractivity contribution in [3.63, 3.8) is 0 Å². The first-order valence-corrected chi connectivity index (χ1v) is 7.78. The van der Waals surface area contributed by atoms with E-state index in [2.05, 4.69) is 15.9 Å². The molecule has 0 aliphatic carbocycles. The zero-order chi connectivity index (χ0) is 12.5. The number of aryl methyl sites for hydroxylation is 1. The Balaban J connectivity index is 3.40. The van der Waals surface area contributed by atoms with Crippen molar-refractivity contribution >= 4 is 35.7 Å². The molecule has 0 fully saturated rings. The van der Waals surface area contributed by atoms with Crippen molar-refractivity contribution in [3.8, 4) is 5.75 Å². The number of ether oxygens (including phenoxy) is 1. The molecule has 90 valence electrons. The monoisotopic (exact) mass is 326 g/mol. The van der Waals surface area contributed by atoms with Crippen LogP contribution in [0.5, 0.6) is 5.75 Å². The quantitative estimate of drug-likeness (QED) is 0.801. The van der Waals surface area contributed by atoms with E-state index in [9.17, 15) is 8.42 Å². The molecule has 0 heterocycles. The lowest BCUT2D eigenvalue weighted by atomic mass is 10.1. The Morgan fingerprint density at radius 2 is 2.00 bits per heavy atom. The van der Waals surface area contributed by atoms with Gasteiger partial charge >= 0.3 is 0 Å². The van der Waals surface area contributed by atoms with E-state index in [1.165, 1.54) is 0 Å². The number of benzene rings is 1. The second-order valence-electron chi connectivity index (χ2n) is 3.50. The molecule has 0 unspecified atom stereocenters. The van der Waals surface area contributed by atoms with Crippen LogP contribution in [0.15, 0.2) is 10.5 Å². The van der Waals surface area contributed by atoms with Crippen LogP contribution in [-0.2, 0) is 14.8 Å². The topological polar surface area (TPSA) is 43.4 Å². The summed E-state index contributed by atoms with van der Waals surface area (Å²) in [5.74, 6) is 0.482. The summed E-state index contributed by atoms with van der Waals surface area (Å²) in [6.07, 6.45) is 0. The summed E-state index contributed by atoms with van der Waals surface area (Å²) in [6, 6.07) is 1.82. The van der Waals surface area contributed by atoms with E-state index in [0.29, 0.717) is 11.3 Å². The van der Waals surface area contributed by atoms with Crippen molar-refractivity contribution in [2.45, 2.75) is 19.6 Å². The molecule has 0 spiro atoms. The molecule has 0 bridgehead atoms. The van der Waals surface area contributed by atoms with Crippen molar-refractivity contribution in [3.05, 3.63) is 27.2 Å². The van der Waals surface area contributed by atoms with Gasteiger partial charge in [0.2, 0.25) is 9.05 Å². The van der Waals surface area contributed by atoms with Crippen LogP contribution in [0.2, 0.25) is 0 Å². The second kappa shape index (κ2) is 4.94. The van der Waals surface area contributed by atoms with E-state index in [1.54, 1.807) is 7.11 Å². The second-order valence-corrected chi connectivity index (χ2v) is 7.13. The van der Waals surface area contributed by atoms with Gasteiger partial charge in [-0.05, 0) is 36.6 Å². The van der Waals surface area contributed by atoms with Gasteiger partial charge < -0.3 is 4.74 Å². The number of halogens is 2. The van der Waals surface area contributed by atoms with Gasteiger partial charge in [0, 0.05) is 15.2 Å². The maximum atomic E-state index is 11.1. The fourth-order valence-corrected chi connectivity index (χ4v) is 3.63. The first kappa shape index (κ1) is 13.8. The van der Waals surface area contributed by atoms with Gasteiger partial charge in [0.25, 0.3) is 0 Å². The molecule has 6 heteroatoms. The van der Waals surface area contributed by atoms with Crippen LogP contribution in [0.4, 0.5) is 0 Å². The molecule has 0 saturated heterocycles. The molecule has 0 amide bonds. The molecule has 0 atom stereocenters. The van der Waals surface area contributed by atoms with Gasteiger partial charge in [0.1, 0.15) is 5.75 Å². The largest absolute Gasteiger partial charge is 0.496 e. The van der Waals surface area contributed by atoms with Crippen molar-refractivity contribution in [2.75, 3.05) is 7.11 Å². The van der Waals surface area contributed by atoms with Crippen LogP contribution < -0.4 is 4.74 Å². The highest BCUT2D eigenvalue weighted by Crippen LogP contribution is 2.33. The Hall–Kier alpha value is -0.260. The Morgan fingerprint density at radius 1 is 1.44 bits per heavy atom. The van der Waals surface area contributed by atoms with Gasteiger partial charge in [0.05, 0.1) is 12.9 Å². The fourth-order valence-electron chi connectivity index (χ4n) is 1.62. The van der Waals surface area contributed by atoms with Crippen LogP contribution >= 0.6 is 26.6 Å². The van der Waals surface area contributed by atoms with Gasteiger partial charge in [-0.3, -0.25) is 0 Å². The predicted octanol–water partition coefficient (Wildman–Crippen LogP) is 3.14. The molecule has 0 aromatic heterocycles. The van der Waals surface area contributed by atoms with Crippen LogP contribution in [-0.4, -0.2) is 15.5 Å². The third kappa shape index (κ3) is 3.12. The Labute approximate surface area is 108 Å². The average Bonchev–Trinajstić information content (AvgIpc) is 2.11. The molecular formula is C10H12BrClO3S. The lowest BCUT2D eigenvalue weighted by Gasteiger charge is -2.14. The van der Waals surface area contributed by atoms with Crippen molar-refractivity contribution < 1.29 is 13.2 Å². The van der Waals surface area contributed by atoms with Crippen LogP contribution in [0, 0.1) is 13.8 Å². The van der Waals surface area contributed by atoms with E-state index in [1.807, 2.05) is 19.9 Å². The summed E-state index contributed by atoms with van der Waals surface area (Å²) in [7, 11) is 3.24. The Bertz CT molecular complexity index is 511. The maximum Gasteiger partial charge on any atom is 0.236 e. The van der Waals surface area contributed by atoms with E-state index >= 15 is 0 Å². The van der Waals surface area contributed by atoms with Crippen LogP contribution in [0.25, 0.3) is 0 Å². The average molecular weight is 328 g/mol. The normalized spacial score (nSPS) is 11.6. The highest BCUT2D eigenvalue weighted by atomic mass is 79.9. The predicted molar refractivity (Wildman–Crippen MR) is 68.6 cm³/mol. The minimum absolute atomic E-state index is 0.211. The summed E-state index contributed by atoms with van der Waals surface area (Å²) in [4.78, 5) is 0. The van der Waals surface area contributed by atoms with E-state index in [-0.39, 0.29) is 5.75 Å². The SMILES string of the molecule is COc1c(C)cc(Br)c(CS(=O)(=O)Cl)c1C. The standard InChI is InChI=1S/C10H12BrClO3S/c1-6-4-9(11)8(5-16(12,13)14)7(2)10(6)15-3/h4H,5H2,1-3H3. The number of methoxy groups -OCH3 is 1. The fraction of sp³-hybridized carbons (Fsp3) is 0.400. The summed E-state index contributed by atoms with van der Waals surface area (Å²) in [5.41, 5.74) is 2.37. The minimum Gasteiger partial charge on any atom is -0.496 e. The molecule has 3 nitrogen and oxygen atoms in total. The third-order valence-corrected chi connectivity index (χ3v) is 3.97. The first-order valence-electron chi connectivity index (χ1n) is 4.51. The third-order valence-electron chi connectivity index (χ3n) is 2.30. The van der Waals surface area contributed by atoms with E-state index in [0.717, 1.165) is 15.6 Å². The first-order chi connectivity index (χ1) is 7.26. The van der Waals surface area contributed by atoms with E-state index < -0.39 is 9.05 Å².